The maximum absolute atomic E-state index is 13.9. The Balaban J connectivity index is 1.41. The van der Waals surface area contributed by atoms with Gasteiger partial charge < -0.3 is 9.80 Å². The average Bonchev–Trinajstić information content (AvgIpc) is 3.50. The smallest absolute Gasteiger partial charge is 0.265 e. The summed E-state index contributed by atoms with van der Waals surface area (Å²) in [6.45, 7) is 6.66. The molecule has 2 aromatic heterocycles. The largest absolute Gasteiger partial charge is 0.369 e. The van der Waals surface area contributed by atoms with Gasteiger partial charge in [0.2, 0.25) is 0 Å². The van der Waals surface area contributed by atoms with E-state index in [9.17, 15) is 9.59 Å². The summed E-state index contributed by atoms with van der Waals surface area (Å²) in [4.78, 5) is 42.7. The fourth-order valence-electron chi connectivity index (χ4n) is 5.51. The van der Waals surface area contributed by atoms with Crippen molar-refractivity contribution in [1.82, 2.24) is 24.8 Å². The lowest BCUT2D eigenvalue weighted by Crippen LogP contribution is -2.46. The van der Waals surface area contributed by atoms with Crippen molar-refractivity contribution in [3.05, 3.63) is 88.7 Å². The Morgan fingerprint density at radius 2 is 1.82 bits per heavy atom. The number of carbonyl (C=O) groups is 1. The van der Waals surface area contributed by atoms with E-state index in [1.807, 2.05) is 43.3 Å². The number of pyridine rings is 1. The van der Waals surface area contributed by atoms with Gasteiger partial charge in [-0.3, -0.25) is 29.4 Å². The first-order valence-corrected chi connectivity index (χ1v) is 13.5. The maximum atomic E-state index is 13.9. The number of anilines is 2. The molecule has 2 fully saturated rings. The molecule has 1 unspecified atom stereocenters. The monoisotopic (exact) mass is 523 g/mol. The molecule has 0 aliphatic carbocycles. The number of piperazine rings is 1. The lowest BCUT2D eigenvalue weighted by atomic mass is 10.1. The Morgan fingerprint density at radius 1 is 1.03 bits per heavy atom. The minimum Gasteiger partial charge on any atom is -0.369 e. The number of nitrogens with zero attached hydrogens (tertiary/aromatic N) is 6. The number of hydrogen-bond acceptors (Lipinski definition) is 7. The van der Waals surface area contributed by atoms with Gasteiger partial charge >= 0.3 is 0 Å². The first kappa shape index (κ1) is 25.2. The van der Waals surface area contributed by atoms with Crippen LogP contribution in [-0.4, -0.2) is 71.3 Å². The third-order valence-corrected chi connectivity index (χ3v) is 7.83. The van der Waals surface area contributed by atoms with E-state index in [2.05, 4.69) is 32.1 Å². The second kappa shape index (κ2) is 10.6. The first-order chi connectivity index (χ1) is 19.0. The Labute approximate surface area is 227 Å². The van der Waals surface area contributed by atoms with Crippen molar-refractivity contribution in [2.24, 2.45) is 0 Å². The van der Waals surface area contributed by atoms with E-state index in [0.717, 1.165) is 62.5 Å². The lowest BCUT2D eigenvalue weighted by Gasteiger charge is -2.34. The van der Waals surface area contributed by atoms with Gasteiger partial charge in [0, 0.05) is 55.5 Å². The average molecular weight is 524 g/mol. The lowest BCUT2D eigenvalue weighted by molar-refractivity contribution is 0.0974. The van der Waals surface area contributed by atoms with Gasteiger partial charge in [0.1, 0.15) is 6.33 Å². The highest BCUT2D eigenvalue weighted by molar-refractivity contribution is 6.06. The zero-order valence-corrected chi connectivity index (χ0v) is 22.4. The molecule has 2 saturated heterocycles. The molecule has 4 aromatic rings. The molecule has 2 aliphatic heterocycles. The Kier molecular flexibility index (Phi) is 6.85. The van der Waals surface area contributed by atoms with Crippen molar-refractivity contribution >= 4 is 28.2 Å². The molecule has 39 heavy (non-hydrogen) atoms. The molecule has 0 bridgehead atoms. The highest BCUT2D eigenvalue weighted by atomic mass is 16.2. The van der Waals surface area contributed by atoms with Gasteiger partial charge in [0.25, 0.3) is 11.5 Å². The number of aromatic nitrogens is 3. The summed E-state index contributed by atoms with van der Waals surface area (Å²) in [6.07, 6.45) is 6.57. The summed E-state index contributed by atoms with van der Waals surface area (Å²) < 4.78 is 1.60. The Bertz CT molecular complexity index is 1560. The number of likely N-dealkylation sites (N-methyl/N-ethyl adjacent to an activating group) is 1. The van der Waals surface area contributed by atoms with Crippen LogP contribution in [-0.2, 0) is 0 Å². The normalized spacial score (nSPS) is 18.0. The highest BCUT2D eigenvalue weighted by Crippen LogP contribution is 2.28. The van der Waals surface area contributed by atoms with Crippen LogP contribution in [0.15, 0.2) is 72.0 Å². The van der Waals surface area contributed by atoms with E-state index in [-0.39, 0.29) is 17.6 Å². The molecule has 2 aromatic carbocycles. The van der Waals surface area contributed by atoms with Crippen LogP contribution >= 0.6 is 0 Å². The Hall–Kier alpha value is -4.08. The SMILES string of the molecule is Cc1ccc(N(C(=O)c2ccncc2)C2CCCN2)cc1-n1cnc2ccc(N3CCN(C)CC3)cc2c1=O. The predicted molar refractivity (Wildman–Crippen MR) is 154 cm³/mol. The summed E-state index contributed by atoms with van der Waals surface area (Å²) >= 11 is 0. The summed E-state index contributed by atoms with van der Waals surface area (Å²) in [6, 6.07) is 15.2. The fraction of sp³-hybridized carbons (Fsp3) is 0.333. The van der Waals surface area contributed by atoms with Crippen molar-refractivity contribution in [3.63, 3.8) is 0 Å². The summed E-state index contributed by atoms with van der Waals surface area (Å²) in [7, 11) is 2.13. The third kappa shape index (κ3) is 4.91. The van der Waals surface area contributed by atoms with Crippen molar-refractivity contribution in [2.45, 2.75) is 25.9 Å². The van der Waals surface area contributed by atoms with Gasteiger partial charge in [-0.1, -0.05) is 6.07 Å². The number of rotatable bonds is 5. The zero-order chi connectivity index (χ0) is 26.9. The van der Waals surface area contributed by atoms with E-state index in [1.54, 1.807) is 40.3 Å². The molecule has 1 N–H and O–H groups in total. The topological polar surface area (TPSA) is 86.6 Å². The summed E-state index contributed by atoms with van der Waals surface area (Å²) in [5.74, 6) is -0.104. The second-order valence-electron chi connectivity index (χ2n) is 10.4. The highest BCUT2D eigenvalue weighted by Gasteiger charge is 2.29. The number of aryl methyl sites for hydroxylation is 1. The number of amides is 1. The van der Waals surface area contributed by atoms with E-state index in [4.69, 9.17) is 0 Å². The van der Waals surface area contributed by atoms with Crippen LogP contribution in [0.2, 0.25) is 0 Å². The molecule has 4 heterocycles. The number of carbonyl (C=O) groups excluding carboxylic acids is 1. The van der Waals surface area contributed by atoms with Crippen LogP contribution in [0.3, 0.4) is 0 Å². The van der Waals surface area contributed by atoms with E-state index >= 15 is 0 Å². The van der Waals surface area contributed by atoms with Crippen molar-refractivity contribution in [2.75, 3.05) is 49.6 Å². The quantitative estimate of drug-likeness (QED) is 0.430. The predicted octanol–water partition coefficient (Wildman–Crippen LogP) is 3.20. The van der Waals surface area contributed by atoms with Crippen molar-refractivity contribution < 1.29 is 4.79 Å². The number of benzene rings is 2. The third-order valence-electron chi connectivity index (χ3n) is 7.83. The van der Waals surface area contributed by atoms with Gasteiger partial charge in [-0.15, -0.1) is 0 Å². The minimum atomic E-state index is -0.126. The standard InChI is InChI=1S/C30H33N7O2/c1-21-5-6-24(37(28-4-3-11-32-28)29(38)22-9-12-31-13-10-22)19-27(21)36-20-33-26-8-7-23(18-25(26)30(36)39)35-16-14-34(2)15-17-35/h5-10,12-13,18-20,28,32H,3-4,11,14-17H2,1-2H3. The molecule has 9 nitrogen and oxygen atoms in total. The molecule has 2 aliphatic rings. The number of hydrogen-bond donors (Lipinski definition) is 1. The minimum absolute atomic E-state index is 0.104. The Morgan fingerprint density at radius 3 is 2.56 bits per heavy atom. The van der Waals surface area contributed by atoms with Gasteiger partial charge in [-0.2, -0.15) is 0 Å². The molecular weight excluding hydrogens is 490 g/mol. The van der Waals surface area contributed by atoms with Crippen LogP contribution in [0.5, 0.6) is 0 Å². The second-order valence-corrected chi connectivity index (χ2v) is 10.4. The summed E-state index contributed by atoms with van der Waals surface area (Å²) in [5, 5.41) is 4.04. The van der Waals surface area contributed by atoms with Crippen LogP contribution in [0, 0.1) is 6.92 Å². The zero-order valence-electron chi connectivity index (χ0n) is 22.4. The molecule has 1 amide bonds. The van der Waals surface area contributed by atoms with Crippen LogP contribution < -0.4 is 20.7 Å². The first-order valence-electron chi connectivity index (χ1n) is 13.5. The van der Waals surface area contributed by atoms with E-state index in [1.165, 1.54) is 0 Å². The molecular formula is C30H33N7O2. The van der Waals surface area contributed by atoms with Crippen LogP contribution in [0.1, 0.15) is 28.8 Å². The molecule has 200 valence electrons. The number of fused-ring (bicyclic) bond motifs is 1. The van der Waals surface area contributed by atoms with E-state index < -0.39 is 0 Å². The van der Waals surface area contributed by atoms with Crippen LogP contribution in [0.4, 0.5) is 11.4 Å². The molecule has 0 saturated carbocycles. The van der Waals surface area contributed by atoms with Crippen molar-refractivity contribution in [3.8, 4) is 5.69 Å². The van der Waals surface area contributed by atoms with Gasteiger partial charge in [0.15, 0.2) is 0 Å². The molecule has 0 spiro atoms. The van der Waals surface area contributed by atoms with E-state index in [0.29, 0.717) is 22.2 Å². The number of nitrogens with one attached hydrogen (secondary N) is 1. The summed E-state index contributed by atoms with van der Waals surface area (Å²) in [5.41, 5.74) is 4.53. The van der Waals surface area contributed by atoms with Crippen LogP contribution in [0.25, 0.3) is 16.6 Å². The molecule has 1 atom stereocenters. The van der Waals surface area contributed by atoms with Gasteiger partial charge in [-0.25, -0.2) is 4.98 Å². The fourth-order valence-corrected chi connectivity index (χ4v) is 5.51. The van der Waals surface area contributed by atoms with Crippen molar-refractivity contribution in [1.29, 1.82) is 0 Å². The van der Waals surface area contributed by atoms with Gasteiger partial charge in [0.05, 0.1) is 22.8 Å². The molecule has 9 heteroatoms. The maximum Gasteiger partial charge on any atom is 0.265 e. The van der Waals surface area contributed by atoms with Gasteiger partial charge in [-0.05, 0) is 81.4 Å². The molecule has 0 radical (unpaired) electrons. The molecule has 6 rings (SSSR count).